The van der Waals surface area contributed by atoms with Gasteiger partial charge in [-0.15, -0.1) is 0 Å². The van der Waals surface area contributed by atoms with Crippen molar-refractivity contribution in [3.05, 3.63) is 31.0 Å². The summed E-state index contributed by atoms with van der Waals surface area (Å²) in [6.07, 6.45) is 7.38. The summed E-state index contributed by atoms with van der Waals surface area (Å²) in [7, 11) is 2.16. The fourth-order valence-corrected chi connectivity index (χ4v) is 2.51. The van der Waals surface area contributed by atoms with E-state index in [4.69, 9.17) is 0 Å². The molecule has 2 aromatic rings. The van der Waals surface area contributed by atoms with E-state index in [1.807, 2.05) is 12.1 Å². The molecule has 100 valence electrons. The molecule has 1 atom stereocenters. The quantitative estimate of drug-likeness (QED) is 0.895. The molecule has 3 rings (SSSR count). The number of hydrogen-bond acceptors (Lipinski definition) is 5. The minimum absolute atomic E-state index is 0.463. The number of likely N-dealkylation sites (tertiary alicyclic amines) is 1. The van der Waals surface area contributed by atoms with E-state index >= 15 is 0 Å². The lowest BCUT2D eigenvalue weighted by atomic mass is 10.1. The van der Waals surface area contributed by atoms with Gasteiger partial charge in [0.25, 0.3) is 0 Å². The number of hydrogen-bond donors (Lipinski definition) is 1. The largest absolute Gasteiger partial charge is 0.378 e. The Labute approximate surface area is 112 Å². The number of nitrogens with one attached hydrogen (secondary N) is 1. The lowest BCUT2D eigenvalue weighted by Gasteiger charge is -2.31. The van der Waals surface area contributed by atoms with E-state index in [0.717, 1.165) is 18.1 Å². The van der Waals surface area contributed by atoms with E-state index in [9.17, 15) is 0 Å². The van der Waals surface area contributed by atoms with Crippen LogP contribution in [0.15, 0.2) is 31.0 Å². The Bertz CT molecular complexity index is 524. The smallest absolute Gasteiger partial charge is 0.178 e. The SMILES string of the molecule is CN1CCCC(Nc2cccnc2-n2cncn2)C1. The second kappa shape index (κ2) is 5.36. The van der Waals surface area contributed by atoms with Gasteiger partial charge in [-0.05, 0) is 38.6 Å². The van der Waals surface area contributed by atoms with Crippen LogP contribution in [-0.4, -0.2) is 50.8 Å². The second-order valence-electron chi connectivity index (χ2n) is 4.96. The fraction of sp³-hybridized carbons (Fsp3) is 0.462. The van der Waals surface area contributed by atoms with Gasteiger partial charge in [0, 0.05) is 18.8 Å². The van der Waals surface area contributed by atoms with E-state index < -0.39 is 0 Å². The van der Waals surface area contributed by atoms with Crippen molar-refractivity contribution in [3.63, 3.8) is 0 Å². The summed E-state index contributed by atoms with van der Waals surface area (Å²) in [5, 5.41) is 7.72. The number of aromatic nitrogens is 4. The first-order valence-corrected chi connectivity index (χ1v) is 6.58. The van der Waals surface area contributed by atoms with Gasteiger partial charge in [0.05, 0.1) is 5.69 Å². The Morgan fingerprint density at radius 1 is 1.42 bits per heavy atom. The minimum atomic E-state index is 0.463. The zero-order valence-corrected chi connectivity index (χ0v) is 11.0. The van der Waals surface area contributed by atoms with E-state index in [2.05, 4.69) is 32.3 Å². The highest BCUT2D eigenvalue weighted by molar-refractivity contribution is 5.56. The van der Waals surface area contributed by atoms with Crippen molar-refractivity contribution in [2.24, 2.45) is 0 Å². The molecule has 6 heteroatoms. The van der Waals surface area contributed by atoms with Gasteiger partial charge < -0.3 is 10.2 Å². The molecule has 0 saturated carbocycles. The van der Waals surface area contributed by atoms with E-state index in [1.54, 1.807) is 17.2 Å². The monoisotopic (exact) mass is 258 g/mol. The Morgan fingerprint density at radius 2 is 2.37 bits per heavy atom. The Kier molecular flexibility index (Phi) is 3.41. The first-order valence-electron chi connectivity index (χ1n) is 6.58. The van der Waals surface area contributed by atoms with Crippen LogP contribution in [0.5, 0.6) is 0 Å². The summed E-state index contributed by atoms with van der Waals surface area (Å²) >= 11 is 0. The number of anilines is 1. The predicted octanol–water partition coefficient (Wildman–Crippen LogP) is 1.17. The highest BCUT2D eigenvalue weighted by Crippen LogP contribution is 2.20. The maximum Gasteiger partial charge on any atom is 0.178 e. The lowest BCUT2D eigenvalue weighted by Crippen LogP contribution is -2.39. The molecule has 1 N–H and O–H groups in total. The molecule has 3 heterocycles. The maximum atomic E-state index is 4.39. The molecule has 1 unspecified atom stereocenters. The molecule has 6 nitrogen and oxygen atoms in total. The van der Waals surface area contributed by atoms with E-state index in [-0.39, 0.29) is 0 Å². The normalized spacial score (nSPS) is 20.4. The Balaban J connectivity index is 1.81. The molecule has 0 spiro atoms. The van der Waals surface area contributed by atoms with Crippen molar-refractivity contribution in [1.82, 2.24) is 24.6 Å². The zero-order chi connectivity index (χ0) is 13.1. The fourth-order valence-electron chi connectivity index (χ4n) is 2.51. The lowest BCUT2D eigenvalue weighted by molar-refractivity contribution is 0.261. The average Bonchev–Trinajstić information content (AvgIpc) is 2.93. The van der Waals surface area contributed by atoms with Crippen LogP contribution in [0.2, 0.25) is 0 Å². The van der Waals surface area contributed by atoms with E-state index in [0.29, 0.717) is 6.04 Å². The topological polar surface area (TPSA) is 58.9 Å². The van der Waals surface area contributed by atoms with Crippen LogP contribution in [-0.2, 0) is 0 Å². The molecule has 19 heavy (non-hydrogen) atoms. The van der Waals surface area contributed by atoms with Crippen molar-refractivity contribution >= 4 is 5.69 Å². The second-order valence-corrected chi connectivity index (χ2v) is 4.96. The number of piperidine rings is 1. The van der Waals surface area contributed by atoms with Gasteiger partial charge in [0.2, 0.25) is 0 Å². The zero-order valence-electron chi connectivity index (χ0n) is 11.0. The highest BCUT2D eigenvalue weighted by Gasteiger charge is 2.18. The summed E-state index contributed by atoms with van der Waals surface area (Å²) in [5.74, 6) is 0.799. The van der Waals surface area contributed by atoms with Gasteiger partial charge in [-0.2, -0.15) is 5.10 Å². The third-order valence-electron chi connectivity index (χ3n) is 3.41. The van der Waals surface area contributed by atoms with Crippen LogP contribution in [0.3, 0.4) is 0 Å². The molecule has 1 aliphatic rings. The van der Waals surface area contributed by atoms with Gasteiger partial charge >= 0.3 is 0 Å². The summed E-state index contributed by atoms with van der Waals surface area (Å²) in [6, 6.07) is 4.44. The van der Waals surface area contributed by atoms with Gasteiger partial charge in [-0.25, -0.2) is 14.6 Å². The number of pyridine rings is 1. The van der Waals surface area contributed by atoms with Gasteiger partial charge in [-0.3, -0.25) is 0 Å². The van der Waals surface area contributed by atoms with Gasteiger partial charge in [0.1, 0.15) is 12.7 Å². The molecule has 1 saturated heterocycles. The molecular weight excluding hydrogens is 240 g/mol. The first-order chi connectivity index (χ1) is 9.33. The third-order valence-corrected chi connectivity index (χ3v) is 3.41. The molecule has 1 aliphatic heterocycles. The van der Waals surface area contributed by atoms with Crippen molar-refractivity contribution in [2.45, 2.75) is 18.9 Å². The molecule has 0 aromatic carbocycles. The van der Waals surface area contributed by atoms with Gasteiger partial charge in [-0.1, -0.05) is 0 Å². The molecule has 1 fully saturated rings. The first kappa shape index (κ1) is 12.1. The Morgan fingerprint density at radius 3 is 3.16 bits per heavy atom. The summed E-state index contributed by atoms with van der Waals surface area (Å²) in [4.78, 5) is 10.7. The summed E-state index contributed by atoms with van der Waals surface area (Å²) in [5.41, 5.74) is 1.01. The van der Waals surface area contributed by atoms with E-state index in [1.165, 1.54) is 25.7 Å². The predicted molar refractivity (Wildman–Crippen MR) is 73.3 cm³/mol. The van der Waals surface area contributed by atoms with Crippen LogP contribution < -0.4 is 5.32 Å². The highest BCUT2D eigenvalue weighted by atomic mass is 15.3. The minimum Gasteiger partial charge on any atom is -0.378 e. The standard InChI is InChI=1S/C13H18N6/c1-18-7-3-4-11(8-18)17-12-5-2-6-15-13(12)19-10-14-9-16-19/h2,5-6,9-11,17H,3-4,7-8H2,1H3. The molecule has 0 bridgehead atoms. The maximum absolute atomic E-state index is 4.39. The summed E-state index contributed by atoms with van der Waals surface area (Å²) in [6.45, 7) is 2.24. The molecule has 0 aliphatic carbocycles. The third kappa shape index (κ3) is 2.73. The number of likely N-dealkylation sites (N-methyl/N-ethyl adjacent to an activating group) is 1. The Hall–Kier alpha value is -1.95. The van der Waals surface area contributed by atoms with Crippen molar-refractivity contribution < 1.29 is 0 Å². The van der Waals surface area contributed by atoms with Crippen LogP contribution in [0.4, 0.5) is 5.69 Å². The molecular formula is C13H18N6. The van der Waals surface area contributed by atoms with Crippen molar-refractivity contribution in [3.8, 4) is 5.82 Å². The van der Waals surface area contributed by atoms with Crippen LogP contribution in [0.25, 0.3) is 5.82 Å². The van der Waals surface area contributed by atoms with Crippen molar-refractivity contribution in [2.75, 3.05) is 25.5 Å². The molecule has 0 amide bonds. The molecule has 2 aromatic heterocycles. The van der Waals surface area contributed by atoms with Gasteiger partial charge in [0.15, 0.2) is 5.82 Å². The van der Waals surface area contributed by atoms with Crippen LogP contribution in [0, 0.1) is 0 Å². The van der Waals surface area contributed by atoms with Crippen molar-refractivity contribution in [1.29, 1.82) is 0 Å². The van der Waals surface area contributed by atoms with Crippen LogP contribution >= 0.6 is 0 Å². The summed E-state index contributed by atoms with van der Waals surface area (Å²) < 4.78 is 1.69. The number of rotatable bonds is 3. The number of nitrogens with zero attached hydrogens (tertiary/aromatic N) is 5. The average molecular weight is 258 g/mol. The van der Waals surface area contributed by atoms with Crippen LogP contribution in [0.1, 0.15) is 12.8 Å². The molecule has 0 radical (unpaired) electrons.